The van der Waals surface area contributed by atoms with Crippen molar-refractivity contribution in [2.45, 2.75) is 24.9 Å². The zero-order valence-electron chi connectivity index (χ0n) is 16.0. The van der Waals surface area contributed by atoms with Gasteiger partial charge >= 0.3 is 0 Å². The molecule has 5 heteroatoms. The minimum Gasteiger partial charge on any atom is -0.297 e. The number of hydrogen-bond donors (Lipinski definition) is 0. The maximum Gasteiger partial charge on any atom is 0.261 e. The summed E-state index contributed by atoms with van der Waals surface area (Å²) in [4.78, 5) is 31.9. The summed E-state index contributed by atoms with van der Waals surface area (Å²) in [5, 5.41) is 0. The summed E-state index contributed by atoms with van der Waals surface area (Å²) >= 11 is 0. The van der Waals surface area contributed by atoms with Gasteiger partial charge < -0.3 is 0 Å². The number of nitrogens with zero attached hydrogens (tertiary/aromatic N) is 3. The van der Waals surface area contributed by atoms with Gasteiger partial charge in [-0.3, -0.25) is 24.3 Å². The quantitative estimate of drug-likeness (QED) is 0.754. The van der Waals surface area contributed by atoms with Gasteiger partial charge in [0.2, 0.25) is 0 Å². The summed E-state index contributed by atoms with van der Waals surface area (Å²) in [5.74, 6) is -0.260. The molecule has 5 nitrogen and oxygen atoms in total. The van der Waals surface area contributed by atoms with E-state index in [4.69, 9.17) is 0 Å². The molecule has 2 heterocycles. The van der Waals surface area contributed by atoms with Crippen LogP contribution in [-0.4, -0.2) is 64.8 Å². The molecule has 3 aliphatic rings. The lowest BCUT2D eigenvalue weighted by Crippen LogP contribution is -2.55. The van der Waals surface area contributed by atoms with Crippen LogP contribution in [0.4, 0.5) is 0 Å². The molecule has 0 unspecified atom stereocenters. The molecule has 1 saturated heterocycles. The van der Waals surface area contributed by atoms with Gasteiger partial charge in [0, 0.05) is 44.8 Å². The van der Waals surface area contributed by atoms with E-state index < -0.39 is 0 Å². The first-order valence-corrected chi connectivity index (χ1v) is 10.1. The average molecular weight is 375 g/mol. The standard InChI is InChI=1S/C23H25N3O2/c27-21-19-8-4-5-9-20(19)22(28)26(21)17-23(10-11-23)25-14-12-24(13-15-25)16-18-6-2-1-3-7-18/h1-9H,10-17H2. The first kappa shape index (κ1) is 17.6. The number of piperazine rings is 1. The van der Waals surface area contributed by atoms with Crippen molar-refractivity contribution in [1.29, 1.82) is 0 Å². The van der Waals surface area contributed by atoms with Crippen LogP contribution in [0.25, 0.3) is 0 Å². The summed E-state index contributed by atoms with van der Waals surface area (Å²) in [6.07, 6.45) is 2.14. The van der Waals surface area contributed by atoms with Gasteiger partial charge in [-0.25, -0.2) is 0 Å². The molecule has 1 saturated carbocycles. The van der Waals surface area contributed by atoms with E-state index in [9.17, 15) is 9.59 Å². The van der Waals surface area contributed by atoms with Crippen LogP contribution in [-0.2, 0) is 6.54 Å². The van der Waals surface area contributed by atoms with Crippen molar-refractivity contribution in [3.8, 4) is 0 Å². The molecule has 0 spiro atoms. The minimum absolute atomic E-state index is 0.00774. The number of benzene rings is 2. The summed E-state index contributed by atoms with van der Waals surface area (Å²) in [6.45, 7) is 5.56. The van der Waals surface area contributed by atoms with Crippen LogP contribution in [0.1, 0.15) is 39.1 Å². The fraction of sp³-hybridized carbons (Fsp3) is 0.391. The molecule has 0 radical (unpaired) electrons. The van der Waals surface area contributed by atoms with Gasteiger partial charge in [-0.15, -0.1) is 0 Å². The molecular weight excluding hydrogens is 350 g/mol. The summed E-state index contributed by atoms with van der Waals surface area (Å²) in [5.41, 5.74) is 2.45. The Labute approximate surface area is 165 Å². The van der Waals surface area contributed by atoms with E-state index in [1.54, 1.807) is 12.1 Å². The van der Waals surface area contributed by atoms with Crippen molar-refractivity contribution < 1.29 is 9.59 Å². The molecule has 2 aromatic rings. The Morgan fingerprint density at radius 2 is 1.32 bits per heavy atom. The van der Waals surface area contributed by atoms with E-state index in [-0.39, 0.29) is 17.4 Å². The molecular formula is C23H25N3O2. The SMILES string of the molecule is O=C1c2ccccc2C(=O)N1CC1(N2CCN(Cc3ccccc3)CC2)CC1. The molecule has 2 fully saturated rings. The van der Waals surface area contributed by atoms with Crippen LogP contribution < -0.4 is 0 Å². The minimum atomic E-state index is -0.130. The van der Waals surface area contributed by atoms with E-state index in [2.05, 4.69) is 40.1 Å². The Bertz CT molecular complexity index is 864. The van der Waals surface area contributed by atoms with E-state index >= 15 is 0 Å². The Hall–Kier alpha value is -2.50. The third-order valence-electron chi connectivity index (χ3n) is 6.45. The number of rotatable bonds is 5. The number of fused-ring (bicyclic) bond motifs is 1. The second-order valence-electron chi connectivity index (χ2n) is 8.22. The zero-order chi connectivity index (χ0) is 19.1. The number of imide groups is 1. The predicted molar refractivity (Wildman–Crippen MR) is 107 cm³/mol. The lowest BCUT2D eigenvalue weighted by molar-refractivity contribution is 0.0450. The molecule has 2 aromatic carbocycles. The van der Waals surface area contributed by atoms with Gasteiger partial charge in [-0.1, -0.05) is 42.5 Å². The van der Waals surface area contributed by atoms with Crippen LogP contribution in [0.15, 0.2) is 54.6 Å². The summed E-state index contributed by atoms with van der Waals surface area (Å²) in [7, 11) is 0. The van der Waals surface area contributed by atoms with Crippen LogP contribution in [0.3, 0.4) is 0 Å². The van der Waals surface area contributed by atoms with Crippen molar-refractivity contribution in [2.24, 2.45) is 0 Å². The van der Waals surface area contributed by atoms with Gasteiger partial charge in [0.1, 0.15) is 0 Å². The van der Waals surface area contributed by atoms with E-state index in [0.717, 1.165) is 45.6 Å². The smallest absolute Gasteiger partial charge is 0.261 e. The Kier molecular flexibility index (Phi) is 4.29. The Morgan fingerprint density at radius 1 is 0.750 bits per heavy atom. The maximum absolute atomic E-state index is 12.7. The van der Waals surface area contributed by atoms with Crippen LogP contribution in [0, 0.1) is 0 Å². The van der Waals surface area contributed by atoms with Crippen molar-refractivity contribution in [2.75, 3.05) is 32.7 Å². The fourth-order valence-electron chi connectivity index (χ4n) is 4.62. The molecule has 1 aliphatic carbocycles. The molecule has 5 rings (SSSR count). The second kappa shape index (κ2) is 6.83. The van der Waals surface area contributed by atoms with Crippen LogP contribution in [0.2, 0.25) is 0 Å². The van der Waals surface area contributed by atoms with Gasteiger partial charge in [0.15, 0.2) is 0 Å². The van der Waals surface area contributed by atoms with E-state index in [0.29, 0.717) is 17.7 Å². The fourth-order valence-corrected chi connectivity index (χ4v) is 4.62. The van der Waals surface area contributed by atoms with Crippen molar-refractivity contribution in [3.05, 3.63) is 71.3 Å². The highest BCUT2D eigenvalue weighted by atomic mass is 16.2. The van der Waals surface area contributed by atoms with E-state index in [1.165, 1.54) is 10.5 Å². The molecule has 28 heavy (non-hydrogen) atoms. The molecule has 2 amide bonds. The van der Waals surface area contributed by atoms with Crippen LogP contribution in [0.5, 0.6) is 0 Å². The maximum atomic E-state index is 12.7. The van der Waals surface area contributed by atoms with Gasteiger partial charge in [0.25, 0.3) is 11.8 Å². The van der Waals surface area contributed by atoms with Crippen molar-refractivity contribution >= 4 is 11.8 Å². The molecule has 0 N–H and O–H groups in total. The predicted octanol–water partition coefficient (Wildman–Crippen LogP) is 2.63. The molecule has 144 valence electrons. The summed E-state index contributed by atoms with van der Waals surface area (Å²) < 4.78 is 0. The van der Waals surface area contributed by atoms with Crippen molar-refractivity contribution in [1.82, 2.24) is 14.7 Å². The average Bonchev–Trinajstić information content (AvgIpc) is 3.49. The Morgan fingerprint density at radius 3 is 1.89 bits per heavy atom. The lowest BCUT2D eigenvalue weighted by atomic mass is 10.1. The first-order chi connectivity index (χ1) is 13.7. The van der Waals surface area contributed by atoms with Gasteiger partial charge in [-0.05, 0) is 30.5 Å². The number of carbonyl (C=O) groups is 2. The van der Waals surface area contributed by atoms with Gasteiger partial charge in [0.05, 0.1) is 11.1 Å². The first-order valence-electron chi connectivity index (χ1n) is 10.1. The normalized spacial score (nSPS) is 21.8. The number of carbonyl (C=O) groups excluding carboxylic acids is 2. The highest BCUT2D eigenvalue weighted by Gasteiger charge is 2.52. The number of hydrogen-bond acceptors (Lipinski definition) is 4. The number of amides is 2. The largest absolute Gasteiger partial charge is 0.297 e. The monoisotopic (exact) mass is 375 g/mol. The third-order valence-corrected chi connectivity index (χ3v) is 6.45. The summed E-state index contributed by atoms with van der Waals surface area (Å²) in [6, 6.07) is 17.8. The zero-order valence-corrected chi connectivity index (χ0v) is 16.0. The van der Waals surface area contributed by atoms with Crippen molar-refractivity contribution in [3.63, 3.8) is 0 Å². The highest BCUT2D eigenvalue weighted by Crippen LogP contribution is 2.44. The second-order valence-corrected chi connectivity index (χ2v) is 8.22. The third kappa shape index (κ3) is 3.05. The highest BCUT2D eigenvalue weighted by molar-refractivity contribution is 6.21. The van der Waals surface area contributed by atoms with Crippen LogP contribution >= 0.6 is 0 Å². The molecule has 2 aliphatic heterocycles. The molecule has 0 atom stereocenters. The molecule has 0 aromatic heterocycles. The topological polar surface area (TPSA) is 43.9 Å². The van der Waals surface area contributed by atoms with Gasteiger partial charge in [-0.2, -0.15) is 0 Å². The van der Waals surface area contributed by atoms with E-state index in [1.807, 2.05) is 12.1 Å². The lowest BCUT2D eigenvalue weighted by Gasteiger charge is -2.40. The molecule has 0 bridgehead atoms. The Balaban J connectivity index is 1.22.